The number of aromatic nitrogens is 3. The zero-order chi connectivity index (χ0) is 20.8. The van der Waals surface area contributed by atoms with Crippen LogP contribution in [0.5, 0.6) is 0 Å². The molecule has 0 unspecified atom stereocenters. The van der Waals surface area contributed by atoms with Crippen LogP contribution in [0.2, 0.25) is 0 Å². The highest BCUT2D eigenvalue weighted by molar-refractivity contribution is 5.84. The number of likely N-dealkylation sites (N-methyl/N-ethyl adjacent to an activating group) is 1. The number of fused-ring (bicyclic) bond motifs is 2. The number of hydrogen-bond acceptors (Lipinski definition) is 6. The molecule has 154 valence electrons. The fraction of sp³-hybridized carbons (Fsp3) is 0.348. The van der Waals surface area contributed by atoms with Crippen LogP contribution in [-0.2, 0) is 6.42 Å². The van der Waals surface area contributed by atoms with Crippen LogP contribution < -0.4 is 10.5 Å². The van der Waals surface area contributed by atoms with E-state index in [4.69, 9.17) is 4.42 Å². The van der Waals surface area contributed by atoms with Gasteiger partial charge in [-0.3, -0.25) is 4.98 Å². The third kappa shape index (κ3) is 3.25. The van der Waals surface area contributed by atoms with Gasteiger partial charge in [-0.2, -0.15) is 0 Å². The van der Waals surface area contributed by atoms with Gasteiger partial charge >= 0.3 is 5.63 Å². The highest BCUT2D eigenvalue weighted by Crippen LogP contribution is 2.26. The summed E-state index contributed by atoms with van der Waals surface area (Å²) in [5.41, 5.74) is 5.03. The summed E-state index contributed by atoms with van der Waals surface area (Å²) in [5, 5.41) is 0.893. The minimum Gasteiger partial charge on any atom is -0.422 e. The van der Waals surface area contributed by atoms with Crippen molar-refractivity contribution in [1.29, 1.82) is 0 Å². The topological polar surface area (TPSA) is 66.9 Å². The van der Waals surface area contributed by atoms with Crippen LogP contribution in [0.1, 0.15) is 18.3 Å². The lowest BCUT2D eigenvalue weighted by molar-refractivity contribution is 0.313. The predicted octanol–water partition coefficient (Wildman–Crippen LogP) is 3.13. The molecule has 7 nitrogen and oxygen atoms in total. The van der Waals surface area contributed by atoms with Crippen molar-refractivity contribution in [3.05, 3.63) is 58.5 Å². The molecule has 0 spiro atoms. The summed E-state index contributed by atoms with van der Waals surface area (Å²) in [6.45, 7) is 8.02. The van der Waals surface area contributed by atoms with Crippen LogP contribution in [-0.4, -0.2) is 52.5 Å². The second-order valence-electron chi connectivity index (χ2n) is 8.00. The molecule has 0 bridgehead atoms. The van der Waals surface area contributed by atoms with Crippen LogP contribution in [0.15, 0.2) is 45.9 Å². The maximum Gasteiger partial charge on any atom is 0.345 e. The first-order chi connectivity index (χ1) is 14.5. The highest BCUT2D eigenvalue weighted by Gasteiger charge is 2.17. The van der Waals surface area contributed by atoms with Gasteiger partial charge in [0.25, 0.3) is 0 Å². The highest BCUT2D eigenvalue weighted by atomic mass is 16.4. The van der Waals surface area contributed by atoms with E-state index in [0.29, 0.717) is 16.8 Å². The SMILES string of the molecule is CCc1nc(C)cn2cc(-c3cc4ccc(N5CCN(C)CC5)cc4oc3=O)nc12. The number of nitrogens with zero attached hydrogens (tertiary/aromatic N) is 5. The van der Waals surface area contributed by atoms with Crippen LogP contribution >= 0.6 is 0 Å². The molecule has 1 saturated heterocycles. The van der Waals surface area contributed by atoms with E-state index < -0.39 is 0 Å². The summed E-state index contributed by atoms with van der Waals surface area (Å²) in [7, 11) is 2.14. The Morgan fingerprint density at radius 3 is 2.63 bits per heavy atom. The Hall–Kier alpha value is -3.19. The molecule has 30 heavy (non-hydrogen) atoms. The third-order valence-electron chi connectivity index (χ3n) is 5.83. The normalized spacial score (nSPS) is 15.4. The fourth-order valence-electron chi connectivity index (χ4n) is 4.11. The second kappa shape index (κ2) is 7.25. The van der Waals surface area contributed by atoms with Gasteiger partial charge in [0, 0.05) is 55.7 Å². The predicted molar refractivity (Wildman–Crippen MR) is 118 cm³/mol. The van der Waals surface area contributed by atoms with E-state index in [9.17, 15) is 4.79 Å². The molecule has 0 radical (unpaired) electrons. The smallest absolute Gasteiger partial charge is 0.345 e. The molecule has 3 aromatic heterocycles. The molecular weight excluding hydrogens is 378 g/mol. The molecule has 1 aromatic carbocycles. The first kappa shape index (κ1) is 18.8. The average Bonchev–Trinajstić information content (AvgIpc) is 3.16. The van der Waals surface area contributed by atoms with Crippen LogP contribution in [0.4, 0.5) is 5.69 Å². The van der Waals surface area contributed by atoms with Gasteiger partial charge in [-0.25, -0.2) is 9.78 Å². The maximum absolute atomic E-state index is 12.8. The minimum atomic E-state index is -0.371. The lowest BCUT2D eigenvalue weighted by atomic mass is 10.1. The average molecular weight is 403 g/mol. The second-order valence-corrected chi connectivity index (χ2v) is 8.00. The summed E-state index contributed by atoms with van der Waals surface area (Å²) < 4.78 is 7.66. The Morgan fingerprint density at radius 2 is 1.87 bits per heavy atom. The zero-order valence-corrected chi connectivity index (χ0v) is 17.6. The number of anilines is 1. The number of benzene rings is 1. The van der Waals surface area contributed by atoms with Gasteiger partial charge in [0.15, 0.2) is 5.65 Å². The van der Waals surface area contributed by atoms with Gasteiger partial charge < -0.3 is 18.6 Å². The molecule has 1 aliphatic heterocycles. The Bertz CT molecular complexity index is 1300. The first-order valence-corrected chi connectivity index (χ1v) is 10.4. The van der Waals surface area contributed by atoms with E-state index in [-0.39, 0.29) is 5.63 Å². The van der Waals surface area contributed by atoms with E-state index in [0.717, 1.165) is 60.7 Å². The lowest BCUT2D eigenvalue weighted by Crippen LogP contribution is -2.44. The molecule has 4 aromatic rings. The van der Waals surface area contributed by atoms with Crippen LogP contribution in [0.25, 0.3) is 27.9 Å². The summed E-state index contributed by atoms with van der Waals surface area (Å²) in [6.07, 6.45) is 4.58. The Morgan fingerprint density at radius 1 is 1.07 bits per heavy atom. The largest absolute Gasteiger partial charge is 0.422 e. The van der Waals surface area contributed by atoms with E-state index >= 15 is 0 Å². The molecule has 1 aliphatic rings. The van der Waals surface area contributed by atoms with E-state index in [2.05, 4.69) is 39.8 Å². The zero-order valence-electron chi connectivity index (χ0n) is 17.6. The molecular formula is C23H25N5O2. The number of hydrogen-bond donors (Lipinski definition) is 0. The van der Waals surface area contributed by atoms with Crippen molar-refractivity contribution in [1.82, 2.24) is 19.3 Å². The summed E-state index contributed by atoms with van der Waals surface area (Å²) in [6, 6.07) is 7.97. The van der Waals surface area contributed by atoms with Gasteiger partial charge in [-0.1, -0.05) is 6.92 Å². The maximum atomic E-state index is 12.8. The van der Waals surface area contributed by atoms with Crippen molar-refractivity contribution >= 4 is 22.3 Å². The number of aryl methyl sites for hydroxylation is 2. The van der Waals surface area contributed by atoms with Crippen molar-refractivity contribution < 1.29 is 4.42 Å². The van der Waals surface area contributed by atoms with Gasteiger partial charge in [0.1, 0.15) is 5.58 Å². The number of imidazole rings is 1. The van der Waals surface area contributed by atoms with Crippen LogP contribution in [0, 0.1) is 6.92 Å². The van der Waals surface area contributed by atoms with E-state index in [1.165, 1.54) is 0 Å². The third-order valence-corrected chi connectivity index (χ3v) is 5.83. The van der Waals surface area contributed by atoms with Gasteiger partial charge in [-0.15, -0.1) is 0 Å². The monoisotopic (exact) mass is 403 g/mol. The van der Waals surface area contributed by atoms with Gasteiger partial charge in [0.05, 0.1) is 22.6 Å². The molecule has 7 heteroatoms. The molecule has 0 N–H and O–H groups in total. The van der Waals surface area contributed by atoms with Crippen LogP contribution in [0.3, 0.4) is 0 Å². The fourth-order valence-corrected chi connectivity index (χ4v) is 4.11. The summed E-state index contributed by atoms with van der Waals surface area (Å²) >= 11 is 0. The molecule has 1 fully saturated rings. The Balaban J connectivity index is 1.56. The van der Waals surface area contributed by atoms with E-state index in [1.807, 2.05) is 41.9 Å². The Labute approximate surface area is 174 Å². The van der Waals surface area contributed by atoms with Crippen molar-refractivity contribution in [2.45, 2.75) is 20.3 Å². The van der Waals surface area contributed by atoms with Gasteiger partial charge in [0.2, 0.25) is 0 Å². The van der Waals surface area contributed by atoms with Crippen molar-refractivity contribution in [3.8, 4) is 11.3 Å². The molecule has 0 amide bonds. The quantitative estimate of drug-likeness (QED) is 0.490. The van der Waals surface area contributed by atoms with Crippen molar-refractivity contribution in [2.75, 3.05) is 38.1 Å². The number of piperazine rings is 1. The minimum absolute atomic E-state index is 0.371. The van der Waals surface area contributed by atoms with Crippen molar-refractivity contribution in [2.24, 2.45) is 0 Å². The standard InChI is InChI=1S/C23H25N5O2/c1-4-19-22-25-20(14-28(22)13-15(2)24-19)18-11-16-5-6-17(12-21(16)30-23(18)29)27-9-7-26(3)8-10-27/h5-6,11-14H,4,7-10H2,1-3H3. The molecule has 4 heterocycles. The van der Waals surface area contributed by atoms with Gasteiger partial charge in [-0.05, 0) is 38.6 Å². The summed E-state index contributed by atoms with van der Waals surface area (Å²) in [4.78, 5) is 26.7. The molecule has 5 rings (SSSR count). The van der Waals surface area contributed by atoms with Crippen molar-refractivity contribution in [3.63, 3.8) is 0 Å². The Kier molecular flexibility index (Phi) is 4.55. The number of rotatable bonds is 3. The van der Waals surface area contributed by atoms with E-state index in [1.54, 1.807) is 0 Å². The summed E-state index contributed by atoms with van der Waals surface area (Å²) in [5.74, 6) is 0. The molecule has 0 saturated carbocycles. The molecule has 0 aliphatic carbocycles. The lowest BCUT2D eigenvalue weighted by Gasteiger charge is -2.34. The first-order valence-electron chi connectivity index (χ1n) is 10.4. The molecule has 0 atom stereocenters.